The van der Waals surface area contributed by atoms with Crippen LogP contribution in [0, 0.1) is 6.92 Å². The Morgan fingerprint density at radius 1 is 1.21 bits per heavy atom. The van der Waals surface area contributed by atoms with Gasteiger partial charge in [0.1, 0.15) is 15.6 Å². The first-order chi connectivity index (χ1) is 14.2. The molecule has 0 aliphatic carbocycles. The van der Waals surface area contributed by atoms with Crippen molar-refractivity contribution in [3.8, 4) is 16.3 Å². The smallest absolute Gasteiger partial charge is 0.265 e. The Bertz CT molecular complexity index is 1020. The summed E-state index contributed by atoms with van der Waals surface area (Å²) < 4.78 is 5.60. The maximum atomic E-state index is 13.1. The van der Waals surface area contributed by atoms with Crippen molar-refractivity contribution in [3.05, 3.63) is 56.7 Å². The SMILES string of the molecule is Cc1nc(-c2ccsc2)sc1C(=O)N1CCN(Cc2ccc3c(c2)CCO3)CC1. The quantitative estimate of drug-likeness (QED) is 0.632. The van der Waals surface area contributed by atoms with Gasteiger partial charge < -0.3 is 9.64 Å². The van der Waals surface area contributed by atoms with E-state index in [2.05, 4.69) is 39.5 Å². The number of carbonyl (C=O) groups is 1. The Labute approximate surface area is 178 Å². The van der Waals surface area contributed by atoms with Gasteiger partial charge in [0.05, 0.1) is 12.3 Å². The summed E-state index contributed by atoms with van der Waals surface area (Å²) in [6.07, 6.45) is 1.01. The van der Waals surface area contributed by atoms with Crippen LogP contribution < -0.4 is 4.74 Å². The molecule has 0 bridgehead atoms. The molecule has 2 aliphatic rings. The van der Waals surface area contributed by atoms with Crippen LogP contribution in [0.15, 0.2) is 35.0 Å². The summed E-state index contributed by atoms with van der Waals surface area (Å²) in [4.78, 5) is 22.9. The number of thiazole rings is 1. The zero-order valence-electron chi connectivity index (χ0n) is 16.4. The molecule has 4 heterocycles. The Balaban J connectivity index is 1.21. The van der Waals surface area contributed by atoms with Crippen LogP contribution in [-0.2, 0) is 13.0 Å². The fraction of sp³-hybridized carbons (Fsp3) is 0.364. The second kappa shape index (κ2) is 7.89. The minimum Gasteiger partial charge on any atom is -0.493 e. The zero-order chi connectivity index (χ0) is 19.8. The molecule has 2 aromatic heterocycles. The standard InChI is InChI=1S/C22H23N3O2S2/c1-15-20(29-21(23-15)18-5-11-28-14-18)22(26)25-8-6-24(7-9-25)13-16-2-3-19-17(12-16)4-10-27-19/h2-3,5,11-12,14H,4,6-10,13H2,1H3. The highest BCUT2D eigenvalue weighted by molar-refractivity contribution is 7.17. The van der Waals surface area contributed by atoms with E-state index >= 15 is 0 Å². The second-order valence-corrected chi connectivity index (χ2v) is 9.33. The minimum atomic E-state index is 0.121. The zero-order valence-corrected chi connectivity index (χ0v) is 18.0. The molecule has 1 saturated heterocycles. The summed E-state index contributed by atoms with van der Waals surface area (Å²) in [6.45, 7) is 6.98. The molecule has 1 aromatic carbocycles. The molecule has 29 heavy (non-hydrogen) atoms. The van der Waals surface area contributed by atoms with Crippen molar-refractivity contribution in [3.63, 3.8) is 0 Å². The lowest BCUT2D eigenvalue weighted by molar-refractivity contribution is 0.0632. The van der Waals surface area contributed by atoms with E-state index in [1.807, 2.05) is 17.2 Å². The normalized spacial score (nSPS) is 16.7. The van der Waals surface area contributed by atoms with Crippen molar-refractivity contribution in [2.45, 2.75) is 19.9 Å². The first-order valence-corrected chi connectivity index (χ1v) is 11.7. The van der Waals surface area contributed by atoms with Crippen molar-refractivity contribution < 1.29 is 9.53 Å². The van der Waals surface area contributed by atoms with Gasteiger partial charge in [-0.05, 0) is 35.6 Å². The van der Waals surface area contributed by atoms with Crippen LogP contribution in [0.3, 0.4) is 0 Å². The third kappa shape index (κ3) is 3.82. The van der Waals surface area contributed by atoms with Crippen LogP contribution in [0.25, 0.3) is 10.6 Å². The molecule has 1 fully saturated rings. The van der Waals surface area contributed by atoms with Gasteiger partial charge in [0.25, 0.3) is 5.91 Å². The monoisotopic (exact) mass is 425 g/mol. The van der Waals surface area contributed by atoms with E-state index in [1.165, 1.54) is 22.5 Å². The van der Waals surface area contributed by atoms with Gasteiger partial charge in [0, 0.05) is 50.1 Å². The first kappa shape index (κ1) is 18.8. The van der Waals surface area contributed by atoms with Crippen LogP contribution in [0.1, 0.15) is 26.5 Å². The average molecular weight is 426 g/mol. The fourth-order valence-electron chi connectivity index (χ4n) is 3.95. The van der Waals surface area contributed by atoms with Gasteiger partial charge in [-0.25, -0.2) is 4.98 Å². The summed E-state index contributed by atoms with van der Waals surface area (Å²) >= 11 is 3.16. The van der Waals surface area contributed by atoms with E-state index in [0.717, 1.165) is 72.6 Å². The van der Waals surface area contributed by atoms with E-state index in [4.69, 9.17) is 4.74 Å². The molecular weight excluding hydrogens is 402 g/mol. The van der Waals surface area contributed by atoms with Gasteiger partial charge in [-0.15, -0.1) is 11.3 Å². The number of benzene rings is 1. The molecule has 3 aromatic rings. The predicted molar refractivity (Wildman–Crippen MR) is 117 cm³/mol. The van der Waals surface area contributed by atoms with Gasteiger partial charge in [-0.1, -0.05) is 12.1 Å². The number of hydrogen-bond donors (Lipinski definition) is 0. The van der Waals surface area contributed by atoms with Crippen molar-refractivity contribution in [2.24, 2.45) is 0 Å². The van der Waals surface area contributed by atoms with Gasteiger partial charge in [0.15, 0.2) is 0 Å². The van der Waals surface area contributed by atoms with Crippen LogP contribution in [0.4, 0.5) is 0 Å². The number of carbonyl (C=O) groups excluding carboxylic acids is 1. The van der Waals surface area contributed by atoms with Gasteiger partial charge in [-0.2, -0.15) is 11.3 Å². The van der Waals surface area contributed by atoms with E-state index in [9.17, 15) is 4.79 Å². The number of amides is 1. The largest absolute Gasteiger partial charge is 0.493 e. The van der Waals surface area contributed by atoms with Gasteiger partial charge in [-0.3, -0.25) is 9.69 Å². The molecule has 0 N–H and O–H groups in total. The molecule has 7 heteroatoms. The van der Waals surface area contributed by atoms with Crippen molar-refractivity contribution in [2.75, 3.05) is 32.8 Å². The van der Waals surface area contributed by atoms with Crippen LogP contribution in [0.5, 0.6) is 5.75 Å². The van der Waals surface area contributed by atoms with Crippen molar-refractivity contribution in [1.29, 1.82) is 0 Å². The third-order valence-electron chi connectivity index (χ3n) is 5.58. The van der Waals surface area contributed by atoms with Crippen molar-refractivity contribution in [1.82, 2.24) is 14.8 Å². The van der Waals surface area contributed by atoms with E-state index < -0.39 is 0 Å². The maximum absolute atomic E-state index is 13.1. The lowest BCUT2D eigenvalue weighted by Gasteiger charge is -2.34. The average Bonchev–Trinajstić information content (AvgIpc) is 3.48. The summed E-state index contributed by atoms with van der Waals surface area (Å²) in [6, 6.07) is 8.58. The van der Waals surface area contributed by atoms with Crippen molar-refractivity contribution >= 4 is 28.6 Å². The summed E-state index contributed by atoms with van der Waals surface area (Å²) in [5.41, 5.74) is 4.59. The highest BCUT2D eigenvalue weighted by Gasteiger charge is 2.26. The van der Waals surface area contributed by atoms with Crippen LogP contribution >= 0.6 is 22.7 Å². The number of rotatable bonds is 4. The van der Waals surface area contributed by atoms with E-state index in [1.54, 1.807) is 11.3 Å². The summed E-state index contributed by atoms with van der Waals surface area (Å²) in [5, 5.41) is 5.06. The second-order valence-electron chi connectivity index (χ2n) is 7.55. The lowest BCUT2D eigenvalue weighted by atomic mass is 10.1. The highest BCUT2D eigenvalue weighted by atomic mass is 32.1. The number of nitrogens with zero attached hydrogens (tertiary/aromatic N) is 3. The molecule has 0 atom stereocenters. The molecular formula is C22H23N3O2S2. The Hall–Kier alpha value is -2.22. The first-order valence-electron chi connectivity index (χ1n) is 9.93. The molecule has 5 nitrogen and oxygen atoms in total. The molecule has 0 radical (unpaired) electrons. The molecule has 0 spiro atoms. The number of piperazine rings is 1. The lowest BCUT2D eigenvalue weighted by Crippen LogP contribution is -2.48. The summed E-state index contributed by atoms with van der Waals surface area (Å²) in [5.74, 6) is 1.15. The topological polar surface area (TPSA) is 45.7 Å². The van der Waals surface area contributed by atoms with Crippen LogP contribution in [-0.4, -0.2) is 53.5 Å². The fourth-order valence-corrected chi connectivity index (χ4v) is 5.70. The van der Waals surface area contributed by atoms with Gasteiger partial charge >= 0.3 is 0 Å². The minimum absolute atomic E-state index is 0.121. The Kier molecular flexibility index (Phi) is 5.11. The van der Waals surface area contributed by atoms with Gasteiger partial charge in [0.2, 0.25) is 0 Å². The number of ether oxygens (including phenoxy) is 1. The Morgan fingerprint density at radius 2 is 2.07 bits per heavy atom. The number of hydrogen-bond acceptors (Lipinski definition) is 6. The Morgan fingerprint density at radius 3 is 2.86 bits per heavy atom. The number of aromatic nitrogens is 1. The molecule has 2 aliphatic heterocycles. The molecule has 5 rings (SSSR count). The number of aryl methyl sites for hydroxylation is 1. The third-order valence-corrected chi connectivity index (χ3v) is 7.46. The summed E-state index contributed by atoms with van der Waals surface area (Å²) in [7, 11) is 0. The van der Waals surface area contributed by atoms with E-state index in [0.29, 0.717) is 0 Å². The number of thiophene rings is 1. The predicted octanol–water partition coefficient (Wildman–Crippen LogP) is 4.07. The van der Waals surface area contributed by atoms with E-state index in [-0.39, 0.29) is 5.91 Å². The number of fused-ring (bicyclic) bond motifs is 1. The molecule has 150 valence electrons. The maximum Gasteiger partial charge on any atom is 0.265 e. The highest BCUT2D eigenvalue weighted by Crippen LogP contribution is 2.30. The molecule has 0 saturated carbocycles. The van der Waals surface area contributed by atoms with Crippen LogP contribution in [0.2, 0.25) is 0 Å². The molecule has 0 unspecified atom stereocenters. The molecule has 1 amide bonds.